The number of benzene rings is 2. The van der Waals surface area contributed by atoms with Crippen molar-refractivity contribution in [2.75, 3.05) is 25.1 Å². The maximum atomic E-state index is 11.7. The number of fused-ring (bicyclic) bond motifs is 1. The summed E-state index contributed by atoms with van der Waals surface area (Å²) in [6, 6.07) is 13.8. The van der Waals surface area contributed by atoms with E-state index < -0.39 is 5.41 Å². The summed E-state index contributed by atoms with van der Waals surface area (Å²) in [5.41, 5.74) is 7.92. The molecule has 0 radical (unpaired) electrons. The molecular weight excluding hydrogens is 380 g/mol. The molecule has 30 heavy (non-hydrogen) atoms. The van der Waals surface area contributed by atoms with Gasteiger partial charge in [0.05, 0.1) is 25.2 Å². The van der Waals surface area contributed by atoms with Gasteiger partial charge in [0.15, 0.2) is 17.5 Å². The predicted molar refractivity (Wildman–Crippen MR) is 119 cm³/mol. The molecule has 0 atom stereocenters. The van der Waals surface area contributed by atoms with Gasteiger partial charge in [-0.2, -0.15) is 0 Å². The number of aliphatic imine (C=N–C) groups is 1. The van der Waals surface area contributed by atoms with Gasteiger partial charge >= 0.3 is 0 Å². The van der Waals surface area contributed by atoms with E-state index in [1.54, 1.807) is 13.8 Å². The topological polar surface area (TPSA) is 98.0 Å². The van der Waals surface area contributed by atoms with Gasteiger partial charge in [-0.05, 0) is 44.0 Å². The van der Waals surface area contributed by atoms with Gasteiger partial charge in [-0.25, -0.2) is 4.99 Å². The highest BCUT2D eigenvalue weighted by Gasteiger charge is 2.25. The number of primary amides is 1. The van der Waals surface area contributed by atoms with Crippen molar-refractivity contribution in [1.82, 2.24) is 5.32 Å². The van der Waals surface area contributed by atoms with Crippen LogP contribution in [0.2, 0.25) is 0 Å². The molecule has 0 saturated carbocycles. The van der Waals surface area contributed by atoms with E-state index in [0.717, 1.165) is 23.4 Å². The lowest BCUT2D eigenvalue weighted by atomic mass is 9.93. The molecule has 0 aromatic heterocycles. The Morgan fingerprint density at radius 2 is 1.87 bits per heavy atom. The number of carbonyl (C=O) groups is 1. The van der Waals surface area contributed by atoms with Crippen molar-refractivity contribution in [2.24, 2.45) is 16.1 Å². The second-order valence-electron chi connectivity index (χ2n) is 8.03. The van der Waals surface area contributed by atoms with Crippen LogP contribution in [0.5, 0.6) is 11.5 Å². The smallest absolute Gasteiger partial charge is 0.224 e. The maximum Gasteiger partial charge on any atom is 0.224 e. The summed E-state index contributed by atoms with van der Waals surface area (Å²) in [6.45, 7) is 7.79. The van der Waals surface area contributed by atoms with E-state index in [1.165, 1.54) is 5.56 Å². The molecule has 160 valence electrons. The van der Waals surface area contributed by atoms with Gasteiger partial charge in [-0.1, -0.05) is 24.3 Å². The fraction of sp³-hybridized carbons (Fsp3) is 0.391. The Kier molecular flexibility index (Phi) is 6.82. The fourth-order valence-electron chi connectivity index (χ4n) is 2.86. The monoisotopic (exact) mass is 410 g/mol. The number of hydrogen-bond acceptors (Lipinski definition) is 4. The number of guanidine groups is 1. The van der Waals surface area contributed by atoms with Gasteiger partial charge in [0.1, 0.15) is 0 Å². The Morgan fingerprint density at radius 3 is 2.60 bits per heavy atom. The third-order valence-electron chi connectivity index (χ3n) is 5.04. The van der Waals surface area contributed by atoms with Crippen molar-refractivity contribution in [1.29, 1.82) is 0 Å². The van der Waals surface area contributed by atoms with Crippen LogP contribution in [0.1, 0.15) is 31.4 Å². The van der Waals surface area contributed by atoms with Crippen LogP contribution in [-0.4, -0.2) is 31.6 Å². The van der Waals surface area contributed by atoms with Crippen LogP contribution in [0.25, 0.3) is 0 Å². The van der Waals surface area contributed by atoms with Crippen molar-refractivity contribution in [3.8, 4) is 11.5 Å². The summed E-state index contributed by atoms with van der Waals surface area (Å²) in [5.74, 6) is 1.62. The van der Waals surface area contributed by atoms with Gasteiger partial charge < -0.3 is 25.8 Å². The molecule has 3 rings (SSSR count). The number of carbonyl (C=O) groups excluding carboxylic acids is 1. The molecule has 2 aromatic carbocycles. The SMILES string of the molecule is Cc1ccccc1CN=C(NCC(C)(C)C(N)=O)Nc1ccc2c(c1)OCCCO2. The molecule has 0 fully saturated rings. The molecule has 1 aliphatic heterocycles. The first-order valence-electron chi connectivity index (χ1n) is 10.1. The van der Waals surface area contributed by atoms with E-state index in [0.29, 0.717) is 38.0 Å². The first kappa shape index (κ1) is 21.5. The minimum atomic E-state index is -0.712. The van der Waals surface area contributed by atoms with E-state index in [4.69, 9.17) is 20.2 Å². The Morgan fingerprint density at radius 1 is 1.13 bits per heavy atom. The summed E-state index contributed by atoms with van der Waals surface area (Å²) in [4.78, 5) is 16.4. The highest BCUT2D eigenvalue weighted by molar-refractivity contribution is 5.94. The largest absolute Gasteiger partial charge is 0.490 e. The average Bonchev–Trinajstić information content (AvgIpc) is 2.96. The average molecular weight is 411 g/mol. The fourth-order valence-corrected chi connectivity index (χ4v) is 2.86. The van der Waals surface area contributed by atoms with Crippen LogP contribution in [-0.2, 0) is 11.3 Å². The highest BCUT2D eigenvalue weighted by atomic mass is 16.5. The summed E-state index contributed by atoms with van der Waals surface area (Å²) in [6.07, 6.45) is 0.852. The van der Waals surface area contributed by atoms with Crippen molar-refractivity contribution < 1.29 is 14.3 Å². The Bertz CT molecular complexity index is 924. The molecule has 0 spiro atoms. The van der Waals surface area contributed by atoms with Crippen LogP contribution in [0, 0.1) is 12.3 Å². The molecule has 0 unspecified atom stereocenters. The number of amides is 1. The molecule has 1 heterocycles. The van der Waals surface area contributed by atoms with Gasteiger partial charge in [0.2, 0.25) is 5.91 Å². The second kappa shape index (κ2) is 9.52. The quantitative estimate of drug-likeness (QED) is 0.502. The lowest BCUT2D eigenvalue weighted by molar-refractivity contribution is -0.125. The molecule has 0 saturated heterocycles. The van der Waals surface area contributed by atoms with E-state index >= 15 is 0 Å². The zero-order valence-electron chi connectivity index (χ0n) is 17.8. The zero-order valence-corrected chi connectivity index (χ0v) is 17.8. The molecule has 7 nitrogen and oxygen atoms in total. The van der Waals surface area contributed by atoms with Crippen molar-refractivity contribution in [2.45, 2.75) is 33.7 Å². The minimum absolute atomic E-state index is 0.354. The minimum Gasteiger partial charge on any atom is -0.490 e. The Labute approximate surface area is 177 Å². The number of ether oxygens (including phenoxy) is 2. The van der Waals surface area contributed by atoms with Crippen molar-refractivity contribution in [3.05, 3.63) is 53.6 Å². The summed E-state index contributed by atoms with van der Waals surface area (Å²) < 4.78 is 11.5. The van der Waals surface area contributed by atoms with Gasteiger partial charge in [-0.15, -0.1) is 0 Å². The second-order valence-corrected chi connectivity index (χ2v) is 8.03. The lowest BCUT2D eigenvalue weighted by Gasteiger charge is -2.23. The molecule has 0 bridgehead atoms. The molecule has 0 aliphatic carbocycles. The van der Waals surface area contributed by atoms with Gasteiger partial charge in [0.25, 0.3) is 0 Å². The van der Waals surface area contributed by atoms with E-state index in [9.17, 15) is 4.79 Å². The number of nitrogens with two attached hydrogens (primary N) is 1. The Balaban J connectivity index is 1.79. The van der Waals surface area contributed by atoms with E-state index in [-0.39, 0.29) is 5.91 Å². The summed E-state index contributed by atoms with van der Waals surface area (Å²) in [7, 11) is 0. The first-order chi connectivity index (χ1) is 14.3. The number of nitrogens with one attached hydrogen (secondary N) is 2. The van der Waals surface area contributed by atoms with E-state index in [1.807, 2.05) is 30.3 Å². The van der Waals surface area contributed by atoms with Crippen LogP contribution in [0.15, 0.2) is 47.5 Å². The Hall–Kier alpha value is -3.22. The normalized spacial score (nSPS) is 14.0. The molecule has 2 aromatic rings. The van der Waals surface area contributed by atoms with Crippen LogP contribution >= 0.6 is 0 Å². The molecule has 4 N–H and O–H groups in total. The number of hydrogen-bond donors (Lipinski definition) is 3. The van der Waals surface area contributed by atoms with Crippen molar-refractivity contribution in [3.63, 3.8) is 0 Å². The standard InChI is InChI=1S/C23H30N4O3/c1-16-7-4-5-8-17(16)14-25-22(26-15-23(2,3)21(24)28)27-18-9-10-19-20(13-18)30-12-6-11-29-19/h4-5,7-10,13H,6,11-12,14-15H2,1-3H3,(H2,24,28)(H2,25,26,27). The first-order valence-corrected chi connectivity index (χ1v) is 10.1. The lowest BCUT2D eigenvalue weighted by Crippen LogP contribution is -2.44. The van der Waals surface area contributed by atoms with Gasteiger partial charge in [-0.3, -0.25) is 4.79 Å². The predicted octanol–water partition coefficient (Wildman–Crippen LogP) is 3.23. The maximum absolute atomic E-state index is 11.7. The number of rotatable bonds is 6. The third-order valence-corrected chi connectivity index (χ3v) is 5.04. The zero-order chi connectivity index (χ0) is 21.6. The number of nitrogens with zero attached hydrogens (tertiary/aromatic N) is 1. The molecular formula is C23H30N4O3. The van der Waals surface area contributed by atoms with Crippen LogP contribution < -0.4 is 25.8 Å². The van der Waals surface area contributed by atoms with Gasteiger partial charge in [0, 0.05) is 24.7 Å². The highest BCUT2D eigenvalue weighted by Crippen LogP contribution is 2.32. The van der Waals surface area contributed by atoms with E-state index in [2.05, 4.69) is 29.7 Å². The van der Waals surface area contributed by atoms with Crippen molar-refractivity contribution >= 4 is 17.6 Å². The third kappa shape index (κ3) is 5.65. The summed E-state index contributed by atoms with van der Waals surface area (Å²) >= 11 is 0. The summed E-state index contributed by atoms with van der Waals surface area (Å²) in [5, 5.41) is 6.54. The molecule has 1 aliphatic rings. The molecule has 7 heteroatoms. The molecule has 1 amide bonds. The number of aryl methyl sites for hydroxylation is 1. The number of anilines is 1. The van der Waals surface area contributed by atoms with Crippen LogP contribution in [0.3, 0.4) is 0 Å². The van der Waals surface area contributed by atoms with Crippen LogP contribution in [0.4, 0.5) is 5.69 Å².